The second-order valence-electron chi connectivity index (χ2n) is 2.76. The first-order valence-corrected chi connectivity index (χ1v) is 4.61. The fourth-order valence-electron chi connectivity index (χ4n) is 1.39. The van der Waals surface area contributed by atoms with E-state index in [0.717, 1.165) is 0 Å². The van der Waals surface area contributed by atoms with Crippen molar-refractivity contribution in [2.24, 2.45) is 0 Å². The Balaban J connectivity index is 2.80. The molecule has 0 amide bonds. The van der Waals surface area contributed by atoms with Crippen LogP contribution in [-0.4, -0.2) is 0 Å². The van der Waals surface area contributed by atoms with Crippen molar-refractivity contribution in [2.75, 3.05) is 0 Å². The molecule has 0 spiro atoms. The van der Waals surface area contributed by atoms with Crippen LogP contribution in [0.1, 0.15) is 12.8 Å². The summed E-state index contributed by atoms with van der Waals surface area (Å²) in [5.74, 6) is 0. The number of hydrogen-bond acceptors (Lipinski definition) is 0. The predicted molar refractivity (Wildman–Crippen MR) is 51.6 cm³/mol. The lowest BCUT2D eigenvalue weighted by atomic mass is 10.1. The van der Waals surface area contributed by atoms with Crippen molar-refractivity contribution in [3.05, 3.63) is 33.1 Å². The van der Waals surface area contributed by atoms with Crippen molar-refractivity contribution in [1.29, 1.82) is 0 Å². The van der Waals surface area contributed by atoms with Crippen molar-refractivity contribution in [3.63, 3.8) is 0 Å². The fourth-order valence-corrected chi connectivity index (χ4v) is 1.76. The Morgan fingerprint density at radius 1 is 1.00 bits per heavy atom. The van der Waals surface area contributed by atoms with Crippen molar-refractivity contribution < 1.29 is 0 Å². The van der Waals surface area contributed by atoms with Crippen LogP contribution >= 0.6 is 15.9 Å². The fraction of sp³-hybridized carbons (Fsp3) is 0.200. The van der Waals surface area contributed by atoms with Crippen molar-refractivity contribution in [2.45, 2.75) is 12.8 Å². The van der Waals surface area contributed by atoms with E-state index in [4.69, 9.17) is 0 Å². The van der Waals surface area contributed by atoms with E-state index in [1.165, 1.54) is 27.8 Å². The lowest BCUT2D eigenvalue weighted by Gasteiger charge is -1.98. The summed E-state index contributed by atoms with van der Waals surface area (Å²) >= 11 is 3.46. The maximum atomic E-state index is 3.46. The molecule has 0 aliphatic heterocycles. The Hall–Kier alpha value is -0.560. The topological polar surface area (TPSA) is 0 Å². The van der Waals surface area contributed by atoms with E-state index in [1.54, 1.807) is 0 Å². The highest BCUT2D eigenvalue weighted by Gasteiger charge is 1.92. The van der Waals surface area contributed by atoms with E-state index in [9.17, 15) is 0 Å². The van der Waals surface area contributed by atoms with Gasteiger partial charge in [0.05, 0.1) is 0 Å². The lowest BCUT2D eigenvalue weighted by molar-refractivity contribution is 1.12. The lowest BCUT2D eigenvalue weighted by Crippen LogP contribution is -2.25. The largest absolute Gasteiger partial charge is 0.0764 e. The van der Waals surface area contributed by atoms with E-state index < -0.39 is 0 Å². The van der Waals surface area contributed by atoms with Gasteiger partial charge >= 0.3 is 0 Å². The summed E-state index contributed by atoms with van der Waals surface area (Å²) in [5, 5.41) is 2.74. The Morgan fingerprint density at radius 3 is 2.55 bits per heavy atom. The Kier molecular flexibility index (Phi) is 1.82. The summed E-state index contributed by atoms with van der Waals surface area (Å²) in [5.41, 5.74) is 0. The molecule has 1 aromatic rings. The highest BCUT2D eigenvalue weighted by atomic mass is 79.9. The molecule has 0 nitrogen and oxygen atoms in total. The van der Waals surface area contributed by atoms with Crippen LogP contribution in [0.15, 0.2) is 22.7 Å². The SMILES string of the molecule is Brc1ccc2c(c1)=CCCC=2. The maximum absolute atomic E-state index is 3.46. The number of fused-ring (bicyclic) bond motifs is 1. The quantitative estimate of drug-likeness (QED) is 0.611. The molecule has 0 unspecified atom stereocenters. The van der Waals surface area contributed by atoms with Crippen molar-refractivity contribution in [3.8, 4) is 0 Å². The van der Waals surface area contributed by atoms with E-state index in [-0.39, 0.29) is 0 Å². The van der Waals surface area contributed by atoms with Gasteiger partial charge in [-0.3, -0.25) is 0 Å². The van der Waals surface area contributed by atoms with Gasteiger partial charge in [-0.1, -0.05) is 34.1 Å². The second kappa shape index (κ2) is 2.82. The van der Waals surface area contributed by atoms with Gasteiger partial charge in [0, 0.05) is 4.47 Å². The first-order valence-electron chi connectivity index (χ1n) is 3.82. The van der Waals surface area contributed by atoms with Crippen molar-refractivity contribution in [1.82, 2.24) is 0 Å². The van der Waals surface area contributed by atoms with E-state index in [0.29, 0.717) is 0 Å². The van der Waals surface area contributed by atoms with Gasteiger partial charge in [0.2, 0.25) is 0 Å². The normalized spacial score (nSPS) is 14.6. The predicted octanol–water partition coefficient (Wildman–Crippen LogP) is 1.80. The van der Waals surface area contributed by atoms with Crippen LogP contribution in [0, 0.1) is 0 Å². The van der Waals surface area contributed by atoms with Gasteiger partial charge < -0.3 is 0 Å². The first-order chi connectivity index (χ1) is 5.36. The molecule has 2 rings (SSSR count). The second-order valence-corrected chi connectivity index (χ2v) is 3.67. The molecule has 0 saturated heterocycles. The molecule has 0 aromatic heterocycles. The average Bonchev–Trinajstić information content (AvgIpc) is 2.04. The highest BCUT2D eigenvalue weighted by molar-refractivity contribution is 9.10. The summed E-state index contributed by atoms with van der Waals surface area (Å²) in [7, 11) is 0. The van der Waals surface area contributed by atoms with Crippen LogP contribution in [-0.2, 0) is 0 Å². The van der Waals surface area contributed by atoms with Gasteiger partial charge in [0.15, 0.2) is 0 Å². The van der Waals surface area contributed by atoms with Crippen LogP contribution in [0.4, 0.5) is 0 Å². The molecular formula is C10H9Br. The standard InChI is InChI=1S/C10H9Br/c11-10-6-5-8-3-1-2-4-9(8)7-10/h3-7H,1-2H2. The van der Waals surface area contributed by atoms with Gasteiger partial charge in [-0.25, -0.2) is 0 Å². The summed E-state index contributed by atoms with van der Waals surface area (Å²) < 4.78 is 1.17. The van der Waals surface area contributed by atoms with E-state index in [1.807, 2.05) is 0 Å². The molecule has 0 saturated carbocycles. The molecule has 1 aromatic carbocycles. The third kappa shape index (κ3) is 1.38. The summed E-state index contributed by atoms with van der Waals surface area (Å²) in [6.07, 6.45) is 6.96. The molecule has 0 bridgehead atoms. The van der Waals surface area contributed by atoms with E-state index in [2.05, 4.69) is 46.3 Å². The number of hydrogen-bond donors (Lipinski definition) is 0. The molecule has 11 heavy (non-hydrogen) atoms. The molecule has 1 aliphatic rings. The molecule has 0 N–H and O–H groups in total. The van der Waals surface area contributed by atoms with Crippen LogP contribution in [0.5, 0.6) is 0 Å². The minimum Gasteiger partial charge on any atom is -0.0764 e. The van der Waals surface area contributed by atoms with Gasteiger partial charge in [-0.2, -0.15) is 0 Å². The zero-order valence-corrected chi connectivity index (χ0v) is 7.76. The van der Waals surface area contributed by atoms with Crippen LogP contribution in [0.3, 0.4) is 0 Å². The maximum Gasteiger partial charge on any atom is 0.0181 e. The molecule has 0 heterocycles. The van der Waals surface area contributed by atoms with Gasteiger partial charge in [0.25, 0.3) is 0 Å². The molecule has 0 radical (unpaired) electrons. The smallest absolute Gasteiger partial charge is 0.0181 e. The van der Waals surface area contributed by atoms with Crippen LogP contribution in [0.2, 0.25) is 0 Å². The van der Waals surface area contributed by atoms with Crippen LogP contribution < -0.4 is 10.4 Å². The van der Waals surface area contributed by atoms with Crippen molar-refractivity contribution >= 4 is 28.1 Å². The van der Waals surface area contributed by atoms with Gasteiger partial charge in [0.1, 0.15) is 0 Å². The third-order valence-electron chi connectivity index (χ3n) is 1.94. The average molecular weight is 209 g/mol. The Morgan fingerprint density at radius 2 is 1.73 bits per heavy atom. The Labute approximate surface area is 74.4 Å². The number of halogens is 1. The zero-order chi connectivity index (χ0) is 7.68. The molecule has 0 atom stereocenters. The third-order valence-corrected chi connectivity index (χ3v) is 2.44. The summed E-state index contributed by atoms with van der Waals surface area (Å²) in [4.78, 5) is 0. The molecule has 0 fully saturated rings. The van der Waals surface area contributed by atoms with Gasteiger partial charge in [-0.15, -0.1) is 0 Å². The highest BCUT2D eigenvalue weighted by Crippen LogP contribution is 2.03. The zero-order valence-electron chi connectivity index (χ0n) is 6.18. The van der Waals surface area contributed by atoms with Crippen LogP contribution in [0.25, 0.3) is 12.2 Å². The number of benzene rings is 1. The molecule has 56 valence electrons. The number of rotatable bonds is 0. The molecule has 1 aliphatic carbocycles. The summed E-state index contributed by atoms with van der Waals surface area (Å²) in [6.45, 7) is 0. The molecular weight excluding hydrogens is 200 g/mol. The van der Waals surface area contributed by atoms with E-state index >= 15 is 0 Å². The minimum atomic E-state index is 1.17. The minimum absolute atomic E-state index is 1.17. The first kappa shape index (κ1) is 7.11. The monoisotopic (exact) mass is 208 g/mol. The molecule has 1 heteroatoms. The Bertz CT molecular complexity index is 376. The summed E-state index contributed by atoms with van der Waals surface area (Å²) in [6, 6.07) is 6.43. The van der Waals surface area contributed by atoms with Gasteiger partial charge in [-0.05, 0) is 35.4 Å².